The fraction of sp³-hybridized carbons (Fsp3) is 0.357. The summed E-state index contributed by atoms with van der Waals surface area (Å²) in [6.07, 6.45) is 0. The Morgan fingerprint density at radius 3 is 2.84 bits per heavy atom. The van der Waals surface area contributed by atoms with E-state index in [1.807, 2.05) is 36.1 Å². The molecule has 1 heterocycles. The van der Waals surface area contributed by atoms with Gasteiger partial charge < -0.3 is 14.8 Å². The third-order valence-corrected chi connectivity index (χ3v) is 3.42. The van der Waals surface area contributed by atoms with Gasteiger partial charge >= 0.3 is 0 Å². The highest BCUT2D eigenvalue weighted by Crippen LogP contribution is 2.29. The Kier molecular flexibility index (Phi) is 5.32. The molecule has 0 bridgehead atoms. The van der Waals surface area contributed by atoms with E-state index in [1.54, 1.807) is 18.4 Å². The van der Waals surface area contributed by atoms with Gasteiger partial charge in [-0.2, -0.15) is 0 Å². The lowest BCUT2D eigenvalue weighted by atomic mass is 10.0. The minimum absolute atomic E-state index is 0.0463. The van der Waals surface area contributed by atoms with Crippen LogP contribution in [0, 0.1) is 0 Å². The minimum Gasteiger partial charge on any atom is -0.491 e. The highest BCUT2D eigenvalue weighted by molar-refractivity contribution is 7.07. The van der Waals surface area contributed by atoms with Crippen molar-refractivity contribution in [1.29, 1.82) is 0 Å². The molecular weight excluding hydrogens is 260 g/mol. The molecule has 1 aromatic heterocycles. The third kappa shape index (κ3) is 3.53. The summed E-state index contributed by atoms with van der Waals surface area (Å²) in [5, 5.41) is 5.33. The monoisotopic (exact) mass is 278 g/mol. The van der Waals surface area contributed by atoms with Gasteiger partial charge in [0.05, 0.1) is 23.9 Å². The molecule has 0 spiro atoms. The number of aromatic nitrogens is 1. The van der Waals surface area contributed by atoms with Crippen LogP contribution in [0.15, 0.2) is 35.2 Å². The number of hydrogen-bond acceptors (Lipinski definition) is 5. The molecule has 0 amide bonds. The average Bonchev–Trinajstić information content (AvgIpc) is 2.96. The molecule has 1 unspecified atom stereocenters. The van der Waals surface area contributed by atoms with E-state index in [0.717, 1.165) is 17.0 Å². The second-order valence-corrected chi connectivity index (χ2v) is 4.73. The SMILES string of the molecule is CNC(c1cscn1)c1ccccc1OCCOC. The first-order valence-electron chi connectivity index (χ1n) is 6.12. The summed E-state index contributed by atoms with van der Waals surface area (Å²) in [7, 11) is 3.59. The van der Waals surface area contributed by atoms with Gasteiger partial charge in [-0.15, -0.1) is 11.3 Å². The number of para-hydroxylation sites is 1. The Bertz CT molecular complexity index is 488. The smallest absolute Gasteiger partial charge is 0.124 e. The molecule has 102 valence electrons. The summed E-state index contributed by atoms with van der Waals surface area (Å²) < 4.78 is 10.8. The highest BCUT2D eigenvalue weighted by atomic mass is 32.1. The molecule has 1 aromatic carbocycles. The van der Waals surface area contributed by atoms with Crippen LogP contribution in [0.2, 0.25) is 0 Å². The van der Waals surface area contributed by atoms with Crippen LogP contribution in [-0.4, -0.2) is 32.4 Å². The van der Waals surface area contributed by atoms with E-state index in [4.69, 9.17) is 9.47 Å². The van der Waals surface area contributed by atoms with Gasteiger partial charge in [0.25, 0.3) is 0 Å². The second-order valence-electron chi connectivity index (χ2n) is 4.01. The normalized spacial score (nSPS) is 12.3. The maximum atomic E-state index is 5.77. The number of thiazole rings is 1. The Balaban J connectivity index is 2.22. The predicted molar refractivity (Wildman–Crippen MR) is 76.8 cm³/mol. The van der Waals surface area contributed by atoms with Gasteiger partial charge in [-0.05, 0) is 13.1 Å². The van der Waals surface area contributed by atoms with Gasteiger partial charge in [-0.25, -0.2) is 4.98 Å². The largest absolute Gasteiger partial charge is 0.491 e. The molecular formula is C14H18N2O2S. The van der Waals surface area contributed by atoms with Crippen LogP contribution >= 0.6 is 11.3 Å². The van der Waals surface area contributed by atoms with Gasteiger partial charge in [0, 0.05) is 18.1 Å². The van der Waals surface area contributed by atoms with Crippen molar-refractivity contribution in [3.63, 3.8) is 0 Å². The van der Waals surface area contributed by atoms with Crippen LogP contribution in [0.25, 0.3) is 0 Å². The summed E-state index contributed by atoms with van der Waals surface area (Å²) in [4.78, 5) is 4.38. The minimum atomic E-state index is 0.0463. The maximum Gasteiger partial charge on any atom is 0.124 e. The van der Waals surface area contributed by atoms with Crippen LogP contribution in [-0.2, 0) is 4.74 Å². The van der Waals surface area contributed by atoms with Gasteiger partial charge in [0.2, 0.25) is 0 Å². The Labute approximate surface area is 117 Å². The molecule has 0 aliphatic heterocycles. The van der Waals surface area contributed by atoms with Crippen molar-refractivity contribution in [1.82, 2.24) is 10.3 Å². The first-order valence-corrected chi connectivity index (χ1v) is 7.07. The molecule has 5 heteroatoms. The Morgan fingerprint density at radius 1 is 1.32 bits per heavy atom. The molecule has 0 saturated carbocycles. The van der Waals surface area contributed by atoms with Crippen molar-refractivity contribution >= 4 is 11.3 Å². The number of benzene rings is 1. The van der Waals surface area contributed by atoms with Crippen molar-refractivity contribution in [2.75, 3.05) is 27.4 Å². The van der Waals surface area contributed by atoms with Gasteiger partial charge in [-0.3, -0.25) is 0 Å². The third-order valence-electron chi connectivity index (χ3n) is 2.81. The molecule has 0 aliphatic rings. The molecule has 4 nitrogen and oxygen atoms in total. The molecule has 2 aromatic rings. The quantitative estimate of drug-likeness (QED) is 0.790. The van der Waals surface area contributed by atoms with Crippen molar-refractivity contribution < 1.29 is 9.47 Å². The molecule has 0 fully saturated rings. The lowest BCUT2D eigenvalue weighted by Gasteiger charge is -2.18. The van der Waals surface area contributed by atoms with E-state index < -0.39 is 0 Å². The zero-order valence-corrected chi connectivity index (χ0v) is 11.9. The number of ether oxygens (including phenoxy) is 2. The predicted octanol–water partition coefficient (Wildman–Crippen LogP) is 2.48. The number of nitrogens with zero attached hydrogens (tertiary/aromatic N) is 1. The summed E-state index contributed by atoms with van der Waals surface area (Å²) in [6, 6.07) is 8.06. The number of hydrogen-bond donors (Lipinski definition) is 1. The first-order chi connectivity index (χ1) is 9.36. The van der Waals surface area contributed by atoms with E-state index in [-0.39, 0.29) is 6.04 Å². The van der Waals surface area contributed by atoms with Crippen LogP contribution in [0.1, 0.15) is 17.3 Å². The zero-order valence-electron chi connectivity index (χ0n) is 11.1. The van der Waals surface area contributed by atoms with E-state index in [0.29, 0.717) is 13.2 Å². The summed E-state index contributed by atoms with van der Waals surface area (Å²) in [6.45, 7) is 1.12. The lowest BCUT2D eigenvalue weighted by molar-refractivity contribution is 0.145. The van der Waals surface area contributed by atoms with E-state index >= 15 is 0 Å². The molecule has 1 N–H and O–H groups in total. The van der Waals surface area contributed by atoms with Gasteiger partial charge in [0.1, 0.15) is 12.4 Å². The van der Waals surface area contributed by atoms with E-state index in [9.17, 15) is 0 Å². The topological polar surface area (TPSA) is 43.4 Å². The average molecular weight is 278 g/mol. The molecule has 0 saturated heterocycles. The highest BCUT2D eigenvalue weighted by Gasteiger charge is 2.17. The Hall–Kier alpha value is -1.43. The molecule has 2 rings (SSSR count). The summed E-state index contributed by atoms with van der Waals surface area (Å²) >= 11 is 1.59. The van der Waals surface area contributed by atoms with Crippen LogP contribution in [0.3, 0.4) is 0 Å². The van der Waals surface area contributed by atoms with Gasteiger partial charge in [0.15, 0.2) is 0 Å². The molecule has 19 heavy (non-hydrogen) atoms. The van der Waals surface area contributed by atoms with Crippen LogP contribution in [0.4, 0.5) is 0 Å². The fourth-order valence-corrected chi connectivity index (χ4v) is 2.49. The fourth-order valence-electron chi connectivity index (χ4n) is 1.91. The number of nitrogens with one attached hydrogen (secondary N) is 1. The van der Waals surface area contributed by atoms with Crippen LogP contribution < -0.4 is 10.1 Å². The maximum absolute atomic E-state index is 5.77. The van der Waals surface area contributed by atoms with Gasteiger partial charge in [-0.1, -0.05) is 18.2 Å². The number of methoxy groups -OCH3 is 1. The van der Waals surface area contributed by atoms with Crippen molar-refractivity contribution in [3.05, 3.63) is 46.4 Å². The van der Waals surface area contributed by atoms with E-state index in [1.165, 1.54) is 0 Å². The molecule has 0 aliphatic carbocycles. The first kappa shape index (κ1) is 14.0. The van der Waals surface area contributed by atoms with E-state index in [2.05, 4.69) is 16.4 Å². The van der Waals surface area contributed by atoms with Crippen LogP contribution in [0.5, 0.6) is 5.75 Å². The second kappa shape index (κ2) is 7.23. The standard InChI is InChI=1S/C14H18N2O2S/c1-15-14(12-9-19-10-16-12)11-5-3-4-6-13(11)18-8-7-17-2/h3-6,9-10,14-15H,7-8H2,1-2H3. The van der Waals surface area contributed by atoms with Crippen molar-refractivity contribution in [2.24, 2.45) is 0 Å². The lowest BCUT2D eigenvalue weighted by Crippen LogP contribution is -2.19. The summed E-state index contributed by atoms with van der Waals surface area (Å²) in [5.41, 5.74) is 3.94. The molecule has 1 atom stereocenters. The number of rotatable bonds is 7. The van der Waals surface area contributed by atoms with Crippen molar-refractivity contribution in [3.8, 4) is 5.75 Å². The molecule has 0 radical (unpaired) electrons. The Morgan fingerprint density at radius 2 is 2.16 bits per heavy atom. The summed E-state index contributed by atoms with van der Waals surface area (Å²) in [5.74, 6) is 0.868. The van der Waals surface area contributed by atoms with Crippen molar-refractivity contribution in [2.45, 2.75) is 6.04 Å². The zero-order chi connectivity index (χ0) is 13.5.